The minimum Gasteiger partial charge on any atom is -1.00 e. The fraction of sp³-hybridized carbons (Fsp3) is 1.00. The maximum atomic E-state index is 2.44. The highest BCUT2D eigenvalue weighted by atomic mass is 35.5. The number of hydrogen-bond acceptors (Lipinski definition) is 0. The molecule has 0 rings (SSSR count). The Morgan fingerprint density at radius 2 is 0.447 bits per heavy atom. The molecule has 0 saturated carbocycles. The molecule has 0 unspecified atom stereocenters. The van der Waals surface area contributed by atoms with Gasteiger partial charge in [-0.3, -0.25) is 0 Å². The Morgan fingerprint density at radius 3 is 0.658 bits per heavy atom. The van der Waals surface area contributed by atoms with Gasteiger partial charge in [-0.2, -0.15) is 0 Å². The number of halogens is 1. The van der Waals surface area contributed by atoms with Crippen LogP contribution in [0.4, 0.5) is 0 Å². The van der Waals surface area contributed by atoms with Gasteiger partial charge in [-0.25, -0.2) is 0 Å². The van der Waals surface area contributed by atoms with Crippen molar-refractivity contribution in [1.82, 2.24) is 0 Å². The minimum absolute atomic E-state index is 0. The minimum atomic E-state index is 0. The lowest BCUT2D eigenvalue weighted by Crippen LogP contribution is -3.00. The molecule has 0 atom stereocenters. The molecule has 0 aromatic heterocycles. The highest BCUT2D eigenvalue weighted by Crippen LogP contribution is 2.20. The molecule has 1 nitrogen and oxygen atoms in total. The molecule has 38 heavy (non-hydrogen) atoms. The second-order valence-electron chi connectivity index (χ2n) is 12.7. The molecule has 0 saturated heterocycles. The Bertz CT molecular complexity index is 355. The van der Waals surface area contributed by atoms with Gasteiger partial charge in [-0.15, -0.1) is 0 Å². The molecule has 232 valence electrons. The molecular weight excluding hydrogens is 482 g/mol. The third kappa shape index (κ3) is 27.8. The van der Waals surface area contributed by atoms with Crippen molar-refractivity contribution in [2.45, 2.75) is 207 Å². The van der Waals surface area contributed by atoms with Gasteiger partial charge in [0.05, 0.1) is 26.2 Å². The Kier molecular flexibility index (Phi) is 35.6. The molecule has 0 heterocycles. The van der Waals surface area contributed by atoms with E-state index in [4.69, 9.17) is 0 Å². The zero-order chi connectivity index (χ0) is 27.1. The first kappa shape index (κ1) is 40.4. The maximum absolute atomic E-state index is 2.44. The van der Waals surface area contributed by atoms with Gasteiger partial charge in [0.1, 0.15) is 0 Å². The Hall–Kier alpha value is 0.250. The van der Waals surface area contributed by atoms with E-state index in [1.807, 2.05) is 0 Å². The van der Waals surface area contributed by atoms with Crippen LogP contribution in [0.2, 0.25) is 0 Å². The second kappa shape index (κ2) is 33.5. The van der Waals surface area contributed by atoms with Gasteiger partial charge in [0.25, 0.3) is 0 Å². The van der Waals surface area contributed by atoms with Crippen molar-refractivity contribution in [2.75, 3.05) is 26.2 Å². The van der Waals surface area contributed by atoms with Crippen LogP contribution in [-0.4, -0.2) is 30.7 Å². The van der Waals surface area contributed by atoms with E-state index in [9.17, 15) is 0 Å². The van der Waals surface area contributed by atoms with Crippen LogP contribution in [0, 0.1) is 0 Å². The Labute approximate surface area is 250 Å². The summed E-state index contributed by atoms with van der Waals surface area (Å²) in [6.45, 7) is 15.3. The molecule has 0 N–H and O–H groups in total. The molecule has 0 aliphatic rings. The summed E-state index contributed by atoms with van der Waals surface area (Å²) >= 11 is 0. The monoisotopic (exact) mass is 558 g/mol. The lowest BCUT2D eigenvalue weighted by atomic mass is 10.0. The average Bonchev–Trinajstić information content (AvgIpc) is 2.90. The van der Waals surface area contributed by atoms with Gasteiger partial charge in [0, 0.05) is 0 Å². The highest BCUT2D eigenvalue weighted by Gasteiger charge is 2.25. The molecule has 0 fully saturated rings. The summed E-state index contributed by atoms with van der Waals surface area (Å²) in [5, 5.41) is 0. The largest absolute Gasteiger partial charge is 1.00 e. The molecule has 0 aliphatic heterocycles. The molecule has 0 aromatic rings. The molecule has 2 heteroatoms. The maximum Gasteiger partial charge on any atom is 0.0786 e. The van der Waals surface area contributed by atoms with Crippen LogP contribution in [-0.2, 0) is 0 Å². The van der Waals surface area contributed by atoms with Gasteiger partial charge in [-0.1, -0.05) is 163 Å². The van der Waals surface area contributed by atoms with Gasteiger partial charge >= 0.3 is 0 Å². The number of nitrogens with zero attached hydrogens (tertiary/aromatic N) is 1. The third-order valence-corrected chi connectivity index (χ3v) is 8.91. The van der Waals surface area contributed by atoms with E-state index >= 15 is 0 Å². The predicted octanol–water partition coefficient (Wildman–Crippen LogP) is 9.81. The first-order valence-corrected chi connectivity index (χ1v) is 18.1. The molecule has 0 radical (unpaired) electrons. The number of hydrogen-bond donors (Lipinski definition) is 0. The quantitative estimate of drug-likeness (QED) is 0.0570. The molecule has 0 amide bonds. The summed E-state index contributed by atoms with van der Waals surface area (Å²) in [5.74, 6) is 0. The molecular formula is C36H76ClN. The molecule has 0 bridgehead atoms. The van der Waals surface area contributed by atoms with Gasteiger partial charge in [0.15, 0.2) is 0 Å². The van der Waals surface area contributed by atoms with Crippen molar-refractivity contribution >= 4 is 0 Å². The van der Waals surface area contributed by atoms with Crippen molar-refractivity contribution in [3.05, 3.63) is 0 Å². The van der Waals surface area contributed by atoms with E-state index in [1.165, 1.54) is 210 Å². The van der Waals surface area contributed by atoms with E-state index in [-0.39, 0.29) is 12.4 Å². The number of rotatable bonds is 32. The Balaban J connectivity index is 0. The summed E-state index contributed by atoms with van der Waals surface area (Å²) in [5.41, 5.74) is 0. The van der Waals surface area contributed by atoms with Crippen LogP contribution in [0.5, 0.6) is 0 Å². The van der Waals surface area contributed by atoms with Crippen molar-refractivity contribution < 1.29 is 16.9 Å². The van der Waals surface area contributed by atoms with Gasteiger partial charge in [-0.05, 0) is 44.9 Å². The van der Waals surface area contributed by atoms with Crippen LogP contribution in [0.1, 0.15) is 207 Å². The van der Waals surface area contributed by atoms with E-state index in [1.54, 1.807) is 0 Å². The zero-order valence-corrected chi connectivity index (χ0v) is 28.2. The standard InChI is InChI=1S/C36H76N.ClH/c1-5-9-12-15-18-21-24-27-30-34-37(33-8-4,35-31-28-25-22-19-16-13-10-6-2)36-32-29-26-23-20-17-14-11-7-3;/h5-36H2,1-4H3;1H/q+1;/p-1. The summed E-state index contributed by atoms with van der Waals surface area (Å²) in [7, 11) is 0. The summed E-state index contributed by atoms with van der Waals surface area (Å²) in [4.78, 5) is 0. The second-order valence-corrected chi connectivity index (χ2v) is 12.7. The van der Waals surface area contributed by atoms with Crippen molar-refractivity contribution in [1.29, 1.82) is 0 Å². The van der Waals surface area contributed by atoms with E-state index < -0.39 is 0 Å². The predicted molar refractivity (Wildman–Crippen MR) is 172 cm³/mol. The van der Waals surface area contributed by atoms with Crippen LogP contribution in [0.3, 0.4) is 0 Å². The van der Waals surface area contributed by atoms with Crippen LogP contribution in [0.15, 0.2) is 0 Å². The summed E-state index contributed by atoms with van der Waals surface area (Å²) in [6.07, 6.45) is 40.8. The first-order chi connectivity index (χ1) is 18.2. The Morgan fingerprint density at radius 1 is 0.237 bits per heavy atom. The smallest absolute Gasteiger partial charge is 0.0786 e. The fourth-order valence-electron chi connectivity index (χ4n) is 6.42. The third-order valence-electron chi connectivity index (χ3n) is 8.91. The van der Waals surface area contributed by atoms with Crippen molar-refractivity contribution in [3.63, 3.8) is 0 Å². The number of quaternary nitrogens is 1. The van der Waals surface area contributed by atoms with Crippen LogP contribution >= 0.6 is 0 Å². The molecule has 0 spiro atoms. The van der Waals surface area contributed by atoms with Crippen molar-refractivity contribution in [3.8, 4) is 0 Å². The lowest BCUT2D eigenvalue weighted by Gasteiger charge is -2.39. The van der Waals surface area contributed by atoms with E-state index in [2.05, 4.69) is 27.7 Å². The van der Waals surface area contributed by atoms with E-state index in [0.29, 0.717) is 0 Å². The average molecular weight is 558 g/mol. The SMILES string of the molecule is CCCCCCCCCCC[N+](CCC)(CCCCCCCCCCC)CCCCCCCCCCC.[Cl-]. The van der Waals surface area contributed by atoms with E-state index in [0.717, 1.165) is 0 Å². The van der Waals surface area contributed by atoms with Gasteiger partial charge in [0.2, 0.25) is 0 Å². The highest BCUT2D eigenvalue weighted by molar-refractivity contribution is 4.54. The van der Waals surface area contributed by atoms with Crippen LogP contribution < -0.4 is 12.4 Å². The van der Waals surface area contributed by atoms with Gasteiger partial charge < -0.3 is 16.9 Å². The van der Waals surface area contributed by atoms with Crippen LogP contribution in [0.25, 0.3) is 0 Å². The number of unbranched alkanes of at least 4 members (excludes halogenated alkanes) is 24. The van der Waals surface area contributed by atoms with Crippen molar-refractivity contribution in [2.24, 2.45) is 0 Å². The zero-order valence-electron chi connectivity index (χ0n) is 27.5. The topological polar surface area (TPSA) is 0 Å². The molecule has 0 aliphatic carbocycles. The fourth-order valence-corrected chi connectivity index (χ4v) is 6.42. The molecule has 0 aromatic carbocycles. The first-order valence-electron chi connectivity index (χ1n) is 18.1. The summed E-state index contributed by atoms with van der Waals surface area (Å²) < 4.78 is 1.46. The summed E-state index contributed by atoms with van der Waals surface area (Å²) in [6, 6.07) is 0. The normalized spacial score (nSPS) is 11.7. The lowest BCUT2D eigenvalue weighted by molar-refractivity contribution is -0.929.